The number of anilines is 2. The average molecular weight is 421 g/mol. The summed E-state index contributed by atoms with van der Waals surface area (Å²) in [6, 6.07) is 10.5. The van der Waals surface area contributed by atoms with Crippen LogP contribution in [-0.4, -0.2) is 44.6 Å². The van der Waals surface area contributed by atoms with E-state index in [1.54, 1.807) is 44.6 Å². The van der Waals surface area contributed by atoms with Crippen LogP contribution in [0.4, 0.5) is 16.0 Å². The summed E-state index contributed by atoms with van der Waals surface area (Å²) >= 11 is 0. The maximum atomic E-state index is 13.5. The van der Waals surface area contributed by atoms with E-state index in [1.165, 1.54) is 16.8 Å². The average Bonchev–Trinajstić information content (AvgIpc) is 3.27. The van der Waals surface area contributed by atoms with E-state index in [4.69, 9.17) is 9.47 Å². The van der Waals surface area contributed by atoms with Crippen molar-refractivity contribution in [3.8, 4) is 22.8 Å². The number of aromatic nitrogens is 6. The molecular formula is C20H16FN7O3. The molecule has 0 bridgehead atoms. The van der Waals surface area contributed by atoms with Crippen molar-refractivity contribution in [1.82, 2.24) is 30.4 Å². The Morgan fingerprint density at radius 2 is 1.90 bits per heavy atom. The Kier molecular flexibility index (Phi) is 4.35. The SMILES string of the molecule is COc1ccc(OC)c([C@H]2c3c(-c4ccc(F)cc4)n[nH]c(=O)c3Nc3nnnn32)c1. The number of aromatic amines is 1. The van der Waals surface area contributed by atoms with Crippen LogP contribution in [0.15, 0.2) is 47.3 Å². The monoisotopic (exact) mass is 421 g/mol. The molecule has 3 heterocycles. The van der Waals surface area contributed by atoms with Gasteiger partial charge in [-0.25, -0.2) is 9.49 Å². The highest BCUT2D eigenvalue weighted by atomic mass is 19.1. The van der Waals surface area contributed by atoms with Gasteiger partial charge < -0.3 is 14.8 Å². The molecule has 1 aliphatic rings. The molecule has 31 heavy (non-hydrogen) atoms. The van der Waals surface area contributed by atoms with Crippen LogP contribution >= 0.6 is 0 Å². The largest absolute Gasteiger partial charge is 0.497 e. The third-order valence-electron chi connectivity index (χ3n) is 5.12. The van der Waals surface area contributed by atoms with Gasteiger partial charge in [-0.3, -0.25) is 4.79 Å². The van der Waals surface area contributed by atoms with Crippen molar-refractivity contribution >= 4 is 11.6 Å². The maximum absolute atomic E-state index is 13.5. The Morgan fingerprint density at radius 1 is 1.10 bits per heavy atom. The maximum Gasteiger partial charge on any atom is 0.288 e. The summed E-state index contributed by atoms with van der Waals surface area (Å²) in [4.78, 5) is 12.7. The zero-order valence-electron chi connectivity index (χ0n) is 16.5. The quantitative estimate of drug-likeness (QED) is 0.454. The molecular weight excluding hydrogens is 405 g/mol. The molecule has 0 aliphatic carbocycles. The van der Waals surface area contributed by atoms with Gasteiger partial charge in [0, 0.05) is 16.7 Å². The Bertz CT molecular complexity index is 1330. The van der Waals surface area contributed by atoms with Gasteiger partial charge in [-0.05, 0) is 52.9 Å². The summed E-state index contributed by atoms with van der Waals surface area (Å²) in [5, 5.41) is 21.6. The lowest BCUT2D eigenvalue weighted by Gasteiger charge is -2.28. The number of nitrogens with one attached hydrogen (secondary N) is 2. The topological polar surface area (TPSA) is 120 Å². The van der Waals surface area contributed by atoms with Crippen LogP contribution in [-0.2, 0) is 0 Å². The first-order chi connectivity index (χ1) is 15.1. The van der Waals surface area contributed by atoms with Gasteiger partial charge in [-0.15, -0.1) is 0 Å². The third kappa shape index (κ3) is 2.98. The van der Waals surface area contributed by atoms with Gasteiger partial charge in [-0.1, -0.05) is 5.10 Å². The molecule has 0 saturated heterocycles. The highest BCUT2D eigenvalue weighted by Crippen LogP contribution is 2.44. The van der Waals surface area contributed by atoms with Crippen molar-refractivity contribution in [1.29, 1.82) is 0 Å². The van der Waals surface area contributed by atoms with Gasteiger partial charge >= 0.3 is 0 Å². The number of halogens is 1. The third-order valence-corrected chi connectivity index (χ3v) is 5.12. The zero-order valence-corrected chi connectivity index (χ0v) is 16.5. The van der Waals surface area contributed by atoms with E-state index in [2.05, 4.69) is 31.0 Å². The molecule has 2 aromatic carbocycles. The number of fused-ring (bicyclic) bond motifs is 2. The summed E-state index contributed by atoms with van der Waals surface area (Å²) in [6.45, 7) is 0. The minimum atomic E-state index is -0.666. The van der Waals surface area contributed by atoms with E-state index >= 15 is 0 Å². The van der Waals surface area contributed by atoms with Gasteiger partial charge in [0.05, 0.1) is 19.9 Å². The second-order valence-corrected chi connectivity index (χ2v) is 6.78. The van der Waals surface area contributed by atoms with Crippen molar-refractivity contribution in [2.24, 2.45) is 0 Å². The summed E-state index contributed by atoms with van der Waals surface area (Å²) in [5.41, 5.74) is 2.03. The fourth-order valence-corrected chi connectivity index (χ4v) is 3.71. The first-order valence-corrected chi connectivity index (χ1v) is 9.26. The Labute approximate surface area is 174 Å². The number of methoxy groups -OCH3 is 2. The minimum Gasteiger partial charge on any atom is -0.497 e. The molecule has 4 aromatic rings. The predicted molar refractivity (Wildman–Crippen MR) is 108 cm³/mol. The van der Waals surface area contributed by atoms with Crippen LogP contribution in [0, 0.1) is 5.82 Å². The predicted octanol–water partition coefficient (Wildman–Crippen LogP) is 2.27. The molecule has 0 radical (unpaired) electrons. The molecule has 1 atom stereocenters. The number of hydrogen-bond donors (Lipinski definition) is 2. The smallest absolute Gasteiger partial charge is 0.288 e. The van der Waals surface area contributed by atoms with Crippen LogP contribution in [0.2, 0.25) is 0 Å². The number of H-pyrrole nitrogens is 1. The van der Waals surface area contributed by atoms with Gasteiger partial charge in [0.2, 0.25) is 5.95 Å². The molecule has 2 aromatic heterocycles. The van der Waals surface area contributed by atoms with Gasteiger partial charge in [0.1, 0.15) is 29.0 Å². The number of tetrazole rings is 1. The van der Waals surface area contributed by atoms with Crippen LogP contribution in [0.25, 0.3) is 11.3 Å². The number of hydrogen-bond acceptors (Lipinski definition) is 8. The number of ether oxygens (including phenoxy) is 2. The molecule has 0 amide bonds. The van der Waals surface area contributed by atoms with Crippen molar-refractivity contribution < 1.29 is 13.9 Å². The normalized spacial score (nSPS) is 14.4. The highest BCUT2D eigenvalue weighted by Gasteiger charge is 2.36. The van der Waals surface area contributed by atoms with Crippen LogP contribution in [0.5, 0.6) is 11.5 Å². The second-order valence-electron chi connectivity index (χ2n) is 6.78. The summed E-state index contributed by atoms with van der Waals surface area (Å²) < 4.78 is 26.0. The standard InChI is InChI=1S/C20H16FN7O3/c1-30-12-7-8-14(31-2)13(9-12)18-15-16(10-3-5-11(21)6-4-10)23-24-19(29)17(15)22-20-25-26-27-28(18)20/h3-9,18H,1-2H3,(H,24,29)(H,22,25,27)/t18-/m0/s1. The Balaban J connectivity index is 1.84. The number of nitrogens with zero attached hydrogens (tertiary/aromatic N) is 5. The lowest BCUT2D eigenvalue weighted by atomic mass is 9.91. The molecule has 5 rings (SSSR count). The van der Waals surface area contributed by atoms with Gasteiger partial charge in [-0.2, -0.15) is 9.78 Å². The van der Waals surface area contributed by atoms with Crippen molar-refractivity contribution in [3.63, 3.8) is 0 Å². The van der Waals surface area contributed by atoms with Crippen molar-refractivity contribution in [2.45, 2.75) is 6.04 Å². The molecule has 0 spiro atoms. The first-order valence-electron chi connectivity index (χ1n) is 9.26. The molecule has 2 N–H and O–H groups in total. The van der Waals surface area contributed by atoms with E-state index in [9.17, 15) is 9.18 Å². The zero-order chi connectivity index (χ0) is 21.5. The molecule has 10 nitrogen and oxygen atoms in total. The molecule has 1 aliphatic heterocycles. The lowest BCUT2D eigenvalue weighted by Crippen LogP contribution is -2.29. The second kappa shape index (κ2) is 7.20. The molecule has 156 valence electrons. The van der Waals surface area contributed by atoms with Crippen LogP contribution < -0.4 is 20.3 Å². The number of rotatable bonds is 4. The first kappa shape index (κ1) is 18.7. The van der Waals surface area contributed by atoms with Crippen LogP contribution in [0.1, 0.15) is 17.2 Å². The van der Waals surface area contributed by atoms with Crippen molar-refractivity contribution in [3.05, 3.63) is 69.8 Å². The Morgan fingerprint density at radius 3 is 2.65 bits per heavy atom. The Hall–Kier alpha value is -4.28. The van der Waals surface area contributed by atoms with E-state index < -0.39 is 11.6 Å². The van der Waals surface area contributed by atoms with Gasteiger partial charge in [0.15, 0.2) is 0 Å². The van der Waals surface area contributed by atoms with E-state index in [0.29, 0.717) is 33.9 Å². The van der Waals surface area contributed by atoms with Gasteiger partial charge in [0.25, 0.3) is 5.56 Å². The van der Waals surface area contributed by atoms with Crippen LogP contribution in [0.3, 0.4) is 0 Å². The van der Waals surface area contributed by atoms with E-state index in [1.807, 2.05) is 0 Å². The fraction of sp³-hybridized carbons (Fsp3) is 0.150. The lowest BCUT2D eigenvalue weighted by molar-refractivity contribution is 0.392. The van der Waals surface area contributed by atoms with Crippen molar-refractivity contribution in [2.75, 3.05) is 19.5 Å². The fourth-order valence-electron chi connectivity index (χ4n) is 3.71. The molecule has 0 saturated carbocycles. The van der Waals surface area contributed by atoms with E-state index in [-0.39, 0.29) is 17.5 Å². The minimum absolute atomic E-state index is 0.242. The number of benzene rings is 2. The summed E-state index contributed by atoms with van der Waals surface area (Å²) in [6.07, 6.45) is 0. The summed E-state index contributed by atoms with van der Waals surface area (Å²) in [5.74, 6) is 1.04. The summed E-state index contributed by atoms with van der Waals surface area (Å²) in [7, 11) is 3.10. The highest BCUT2D eigenvalue weighted by molar-refractivity contribution is 5.76. The molecule has 0 unspecified atom stereocenters. The van der Waals surface area contributed by atoms with E-state index in [0.717, 1.165) is 0 Å². The molecule has 11 heteroatoms. The molecule has 0 fully saturated rings.